The van der Waals surface area contributed by atoms with Crippen molar-refractivity contribution >= 4 is 23.9 Å². The molecular weight excluding hydrogens is 522 g/mol. The Balaban J connectivity index is 1.41. The van der Waals surface area contributed by atoms with Crippen LogP contribution in [-0.4, -0.2) is 78.1 Å². The van der Waals surface area contributed by atoms with Gasteiger partial charge in [-0.1, -0.05) is 30.3 Å². The van der Waals surface area contributed by atoms with Crippen LogP contribution in [0.4, 0.5) is 4.79 Å². The van der Waals surface area contributed by atoms with Gasteiger partial charge in [0.15, 0.2) is 0 Å². The lowest BCUT2D eigenvalue weighted by Gasteiger charge is -2.35. The van der Waals surface area contributed by atoms with Gasteiger partial charge in [-0.3, -0.25) is 9.59 Å². The Morgan fingerprint density at radius 1 is 1.05 bits per heavy atom. The number of likely N-dealkylation sites (tertiary alicyclic amines) is 2. The van der Waals surface area contributed by atoms with Gasteiger partial charge in [0.2, 0.25) is 11.8 Å². The summed E-state index contributed by atoms with van der Waals surface area (Å²) in [4.78, 5) is 54.5. The molecule has 224 valence electrons. The summed E-state index contributed by atoms with van der Waals surface area (Å²) in [6.45, 7) is 7.98. The van der Waals surface area contributed by atoms with E-state index in [9.17, 15) is 19.2 Å². The van der Waals surface area contributed by atoms with Gasteiger partial charge in [-0.25, -0.2) is 9.59 Å². The first kappa shape index (κ1) is 32.0. The van der Waals surface area contributed by atoms with E-state index in [1.165, 1.54) is 0 Å². The first-order valence-corrected chi connectivity index (χ1v) is 14.8. The average molecular weight is 568 g/mol. The van der Waals surface area contributed by atoms with Crippen molar-refractivity contribution in [3.05, 3.63) is 35.9 Å². The fraction of sp³-hybridized carbons (Fsp3) is 0.625. The van der Waals surface area contributed by atoms with Gasteiger partial charge >= 0.3 is 12.1 Å². The lowest BCUT2D eigenvalue weighted by molar-refractivity contribution is -0.148. The number of hydrogen-bond acceptors (Lipinski definition) is 6. The summed E-state index contributed by atoms with van der Waals surface area (Å²) in [5.74, 6) is 1.63. The minimum Gasteiger partial charge on any atom is -0.464 e. The number of benzene rings is 1. The highest BCUT2D eigenvalue weighted by Gasteiger charge is 2.32. The third-order valence-electron chi connectivity index (χ3n) is 7.58. The molecule has 2 aliphatic rings. The van der Waals surface area contributed by atoms with Crippen molar-refractivity contribution in [3.8, 4) is 12.3 Å². The van der Waals surface area contributed by atoms with E-state index >= 15 is 0 Å². The second-order valence-electron chi connectivity index (χ2n) is 12.0. The van der Waals surface area contributed by atoms with Crippen molar-refractivity contribution in [1.29, 1.82) is 0 Å². The lowest BCUT2D eigenvalue weighted by Crippen LogP contribution is -2.49. The highest BCUT2D eigenvalue weighted by atomic mass is 16.6. The summed E-state index contributed by atoms with van der Waals surface area (Å²) in [6.07, 6.45) is 10.0. The number of ether oxygens (including phenoxy) is 2. The fourth-order valence-electron chi connectivity index (χ4n) is 5.25. The zero-order valence-corrected chi connectivity index (χ0v) is 24.7. The van der Waals surface area contributed by atoms with Crippen LogP contribution in [0, 0.1) is 24.2 Å². The largest absolute Gasteiger partial charge is 0.464 e. The van der Waals surface area contributed by atoms with E-state index in [0.29, 0.717) is 51.4 Å². The molecule has 1 aromatic rings. The van der Waals surface area contributed by atoms with Crippen molar-refractivity contribution in [2.24, 2.45) is 11.8 Å². The van der Waals surface area contributed by atoms with E-state index in [0.717, 1.165) is 31.2 Å². The van der Waals surface area contributed by atoms with Gasteiger partial charge in [-0.2, -0.15) is 0 Å². The van der Waals surface area contributed by atoms with Crippen molar-refractivity contribution < 1.29 is 28.7 Å². The summed E-state index contributed by atoms with van der Waals surface area (Å²) >= 11 is 0. The van der Waals surface area contributed by atoms with Gasteiger partial charge in [0.25, 0.3) is 0 Å². The van der Waals surface area contributed by atoms with Gasteiger partial charge in [-0.15, -0.1) is 12.3 Å². The minimum absolute atomic E-state index is 0.0394. The van der Waals surface area contributed by atoms with Gasteiger partial charge in [0.05, 0.1) is 12.5 Å². The summed E-state index contributed by atoms with van der Waals surface area (Å²) in [7, 11) is 0. The predicted molar refractivity (Wildman–Crippen MR) is 156 cm³/mol. The summed E-state index contributed by atoms with van der Waals surface area (Å²) in [6, 6.07) is 8.77. The zero-order valence-electron chi connectivity index (χ0n) is 24.7. The molecule has 0 aromatic heterocycles. The average Bonchev–Trinajstić information content (AvgIpc) is 2.95. The van der Waals surface area contributed by atoms with Crippen LogP contribution >= 0.6 is 0 Å². The molecule has 2 fully saturated rings. The normalized spacial score (nSPS) is 18.6. The molecular formula is C32H45N3O6. The van der Waals surface area contributed by atoms with Crippen molar-refractivity contribution in [2.45, 2.75) is 83.8 Å². The maximum atomic E-state index is 13.1. The van der Waals surface area contributed by atoms with Crippen LogP contribution in [0.15, 0.2) is 30.3 Å². The van der Waals surface area contributed by atoms with Crippen LogP contribution in [0.3, 0.4) is 0 Å². The maximum absolute atomic E-state index is 13.1. The predicted octanol–water partition coefficient (Wildman–Crippen LogP) is 3.95. The van der Waals surface area contributed by atoms with E-state index in [1.807, 2.05) is 51.1 Å². The molecule has 1 N–H and O–H groups in total. The number of nitrogens with one attached hydrogen (secondary N) is 1. The fourth-order valence-corrected chi connectivity index (χ4v) is 5.25. The quantitative estimate of drug-likeness (QED) is 0.339. The number of piperidine rings is 2. The van der Waals surface area contributed by atoms with E-state index < -0.39 is 23.5 Å². The molecule has 3 amide bonds. The Labute approximate surface area is 244 Å². The molecule has 0 unspecified atom stereocenters. The van der Waals surface area contributed by atoms with E-state index in [1.54, 1.807) is 9.80 Å². The van der Waals surface area contributed by atoms with Gasteiger partial charge in [0, 0.05) is 45.4 Å². The molecule has 0 bridgehead atoms. The molecule has 1 aromatic carbocycles. The van der Waals surface area contributed by atoms with Crippen LogP contribution in [0.2, 0.25) is 0 Å². The molecule has 2 heterocycles. The van der Waals surface area contributed by atoms with Crippen molar-refractivity contribution in [3.63, 3.8) is 0 Å². The Kier molecular flexibility index (Phi) is 12.1. The number of esters is 1. The first-order chi connectivity index (χ1) is 19.6. The minimum atomic E-state index is -0.916. The maximum Gasteiger partial charge on any atom is 0.410 e. The standard InChI is InChI=1S/C32H45N3O6/c1-5-10-27(30(38)40-22-18-24-11-7-6-8-12-24)33-29(37)26-13-9-19-35(23-26)28(36)15-14-25-16-20-34(21-17-25)31(39)41-32(2,3)4/h1,6-8,11-12,25-27H,9-10,13-23H2,2-4H3,(H,33,37)/t26-,27+/m1/s1. The Hall–Kier alpha value is -3.54. The summed E-state index contributed by atoms with van der Waals surface area (Å²) in [5, 5.41) is 2.77. The second kappa shape index (κ2) is 15.5. The van der Waals surface area contributed by atoms with E-state index in [4.69, 9.17) is 15.9 Å². The molecule has 0 spiro atoms. The van der Waals surface area contributed by atoms with Crippen LogP contribution in [0.5, 0.6) is 0 Å². The molecule has 0 saturated carbocycles. The Morgan fingerprint density at radius 3 is 2.41 bits per heavy atom. The van der Waals surface area contributed by atoms with Crippen molar-refractivity contribution in [1.82, 2.24) is 15.1 Å². The lowest BCUT2D eigenvalue weighted by atomic mass is 9.91. The number of rotatable bonds is 10. The Bertz CT molecular complexity index is 1070. The summed E-state index contributed by atoms with van der Waals surface area (Å²) in [5.41, 5.74) is 0.536. The number of carbonyl (C=O) groups is 4. The monoisotopic (exact) mass is 567 g/mol. The van der Waals surface area contributed by atoms with Crippen LogP contribution in [-0.2, 0) is 30.3 Å². The van der Waals surface area contributed by atoms with Crippen LogP contribution in [0.25, 0.3) is 0 Å². The molecule has 2 saturated heterocycles. The smallest absolute Gasteiger partial charge is 0.410 e. The molecule has 2 aliphatic heterocycles. The number of terminal acetylenes is 1. The molecule has 0 radical (unpaired) electrons. The van der Waals surface area contributed by atoms with Gasteiger partial charge in [0.1, 0.15) is 11.6 Å². The molecule has 3 rings (SSSR count). The third kappa shape index (κ3) is 10.8. The summed E-state index contributed by atoms with van der Waals surface area (Å²) < 4.78 is 10.9. The van der Waals surface area contributed by atoms with E-state index in [2.05, 4.69) is 11.2 Å². The van der Waals surface area contributed by atoms with Crippen LogP contribution < -0.4 is 5.32 Å². The third-order valence-corrected chi connectivity index (χ3v) is 7.58. The van der Waals surface area contributed by atoms with Crippen LogP contribution in [0.1, 0.15) is 71.3 Å². The highest BCUT2D eigenvalue weighted by Crippen LogP contribution is 2.25. The molecule has 0 aliphatic carbocycles. The Morgan fingerprint density at radius 2 is 1.76 bits per heavy atom. The number of hydrogen-bond donors (Lipinski definition) is 1. The topological polar surface area (TPSA) is 105 Å². The molecule has 2 atom stereocenters. The molecule has 9 heteroatoms. The van der Waals surface area contributed by atoms with Gasteiger partial charge < -0.3 is 24.6 Å². The number of nitrogens with zero attached hydrogens (tertiary/aromatic N) is 2. The molecule has 9 nitrogen and oxygen atoms in total. The highest BCUT2D eigenvalue weighted by molar-refractivity contribution is 5.86. The number of carbonyl (C=O) groups excluding carboxylic acids is 4. The molecule has 41 heavy (non-hydrogen) atoms. The number of amides is 3. The second-order valence-corrected chi connectivity index (χ2v) is 12.0. The first-order valence-electron chi connectivity index (χ1n) is 14.8. The van der Waals surface area contributed by atoms with Gasteiger partial charge in [-0.05, 0) is 64.4 Å². The SMILES string of the molecule is C#CC[C@H](NC(=O)[C@@H]1CCCN(C(=O)CCC2CCN(C(=O)OC(C)(C)C)CC2)C1)C(=O)OCCc1ccccc1. The van der Waals surface area contributed by atoms with Crippen molar-refractivity contribution in [2.75, 3.05) is 32.8 Å². The zero-order chi connectivity index (χ0) is 29.8. The van der Waals surface area contributed by atoms with E-state index in [-0.39, 0.29) is 30.9 Å².